The van der Waals surface area contributed by atoms with E-state index in [-0.39, 0.29) is 6.04 Å². The van der Waals surface area contributed by atoms with Gasteiger partial charge in [-0.25, -0.2) is 14.4 Å². The summed E-state index contributed by atoms with van der Waals surface area (Å²) in [4.78, 5) is 9.90. The van der Waals surface area contributed by atoms with Crippen molar-refractivity contribution in [1.29, 1.82) is 0 Å². The van der Waals surface area contributed by atoms with Crippen molar-refractivity contribution in [2.24, 2.45) is 11.7 Å². The maximum Gasteiger partial charge on any atom is 0.225 e. The van der Waals surface area contributed by atoms with Crippen LogP contribution in [0.25, 0.3) is 0 Å². The van der Waals surface area contributed by atoms with Gasteiger partial charge in [-0.1, -0.05) is 6.92 Å². The van der Waals surface area contributed by atoms with Gasteiger partial charge in [-0.2, -0.15) is 0 Å². The van der Waals surface area contributed by atoms with E-state index in [2.05, 4.69) is 16.9 Å². The molecule has 15 heavy (non-hydrogen) atoms. The van der Waals surface area contributed by atoms with E-state index in [1.807, 2.05) is 4.90 Å². The lowest BCUT2D eigenvalue weighted by atomic mass is 9.95. The molecule has 1 aromatic heterocycles. The average molecular weight is 210 g/mol. The molecular weight excluding hydrogens is 195 g/mol. The fraction of sp³-hybridized carbons (Fsp3) is 0.600. The Morgan fingerprint density at radius 2 is 2.13 bits per heavy atom. The second-order valence-electron chi connectivity index (χ2n) is 4.08. The van der Waals surface area contributed by atoms with Crippen LogP contribution in [-0.4, -0.2) is 29.1 Å². The van der Waals surface area contributed by atoms with E-state index in [1.165, 1.54) is 12.4 Å². The van der Waals surface area contributed by atoms with E-state index in [0.717, 1.165) is 19.5 Å². The van der Waals surface area contributed by atoms with E-state index < -0.39 is 5.82 Å². The molecule has 2 atom stereocenters. The Kier molecular flexibility index (Phi) is 2.81. The summed E-state index contributed by atoms with van der Waals surface area (Å²) in [6.07, 6.45) is 3.40. The molecule has 2 N–H and O–H groups in total. The number of piperidine rings is 1. The van der Waals surface area contributed by atoms with Crippen molar-refractivity contribution in [2.75, 3.05) is 18.0 Å². The van der Waals surface area contributed by atoms with Crippen LogP contribution in [0, 0.1) is 11.7 Å². The van der Waals surface area contributed by atoms with Crippen LogP contribution in [0.15, 0.2) is 12.4 Å². The second kappa shape index (κ2) is 4.10. The lowest BCUT2D eigenvalue weighted by molar-refractivity contribution is 0.376. The summed E-state index contributed by atoms with van der Waals surface area (Å²) in [5.41, 5.74) is 5.96. The van der Waals surface area contributed by atoms with Crippen LogP contribution in [0.5, 0.6) is 0 Å². The summed E-state index contributed by atoms with van der Waals surface area (Å²) >= 11 is 0. The number of hydrogen-bond donors (Lipinski definition) is 1. The highest BCUT2D eigenvalue weighted by Crippen LogP contribution is 2.18. The third-order valence-corrected chi connectivity index (χ3v) is 2.91. The molecule has 1 saturated heterocycles. The van der Waals surface area contributed by atoms with Crippen LogP contribution in [0.3, 0.4) is 0 Å². The molecule has 4 nitrogen and oxygen atoms in total. The molecule has 0 aliphatic carbocycles. The molecule has 2 heterocycles. The van der Waals surface area contributed by atoms with Crippen molar-refractivity contribution in [3.63, 3.8) is 0 Å². The molecule has 1 aliphatic rings. The largest absolute Gasteiger partial charge is 0.339 e. The summed E-state index contributed by atoms with van der Waals surface area (Å²) in [5, 5.41) is 0. The highest BCUT2D eigenvalue weighted by atomic mass is 19.1. The van der Waals surface area contributed by atoms with Gasteiger partial charge in [-0.3, -0.25) is 0 Å². The molecule has 2 rings (SSSR count). The molecule has 1 fully saturated rings. The minimum atomic E-state index is -0.409. The zero-order chi connectivity index (χ0) is 10.8. The second-order valence-corrected chi connectivity index (χ2v) is 4.08. The average Bonchev–Trinajstić information content (AvgIpc) is 2.23. The lowest BCUT2D eigenvalue weighted by Gasteiger charge is -2.34. The van der Waals surface area contributed by atoms with Crippen LogP contribution in [-0.2, 0) is 0 Å². The Labute approximate surface area is 88.3 Å². The molecule has 1 aliphatic heterocycles. The first-order valence-corrected chi connectivity index (χ1v) is 5.15. The van der Waals surface area contributed by atoms with Crippen LogP contribution < -0.4 is 10.6 Å². The monoisotopic (exact) mass is 210 g/mol. The van der Waals surface area contributed by atoms with Gasteiger partial charge in [0, 0.05) is 19.1 Å². The number of aromatic nitrogens is 2. The van der Waals surface area contributed by atoms with Gasteiger partial charge in [-0.05, 0) is 12.3 Å². The highest BCUT2D eigenvalue weighted by Gasteiger charge is 2.24. The van der Waals surface area contributed by atoms with E-state index in [9.17, 15) is 4.39 Å². The predicted molar refractivity (Wildman–Crippen MR) is 56.0 cm³/mol. The van der Waals surface area contributed by atoms with Crippen LogP contribution >= 0.6 is 0 Å². The number of anilines is 1. The fourth-order valence-corrected chi connectivity index (χ4v) is 1.75. The first-order valence-electron chi connectivity index (χ1n) is 5.15. The van der Waals surface area contributed by atoms with Crippen molar-refractivity contribution in [3.8, 4) is 0 Å². The van der Waals surface area contributed by atoms with Gasteiger partial charge in [0.1, 0.15) is 0 Å². The molecule has 82 valence electrons. The Bertz CT molecular complexity index is 327. The summed E-state index contributed by atoms with van der Waals surface area (Å²) < 4.78 is 12.6. The zero-order valence-electron chi connectivity index (χ0n) is 8.73. The highest BCUT2D eigenvalue weighted by molar-refractivity contribution is 5.30. The molecule has 2 unspecified atom stereocenters. The normalized spacial score (nSPS) is 26.7. The predicted octanol–water partition coefficient (Wildman–Crippen LogP) is 0.789. The van der Waals surface area contributed by atoms with Gasteiger partial charge in [0.25, 0.3) is 0 Å². The Balaban J connectivity index is 2.08. The quantitative estimate of drug-likeness (QED) is 0.744. The van der Waals surface area contributed by atoms with Crippen LogP contribution in [0.1, 0.15) is 13.3 Å². The Hall–Kier alpha value is -1.23. The number of nitrogens with zero attached hydrogens (tertiary/aromatic N) is 3. The SMILES string of the molecule is CC1CCN(c2ncc(F)cn2)CC1N. The van der Waals surface area contributed by atoms with E-state index >= 15 is 0 Å². The molecule has 0 amide bonds. The standard InChI is InChI=1S/C10H15FN4/c1-7-2-3-15(6-9(7)12)10-13-4-8(11)5-14-10/h4-5,7,9H,2-3,6,12H2,1H3. The van der Waals surface area contributed by atoms with E-state index in [0.29, 0.717) is 11.9 Å². The first-order chi connectivity index (χ1) is 7.16. The topological polar surface area (TPSA) is 55.0 Å². The van der Waals surface area contributed by atoms with E-state index in [4.69, 9.17) is 5.73 Å². The van der Waals surface area contributed by atoms with Crippen molar-refractivity contribution in [3.05, 3.63) is 18.2 Å². The molecule has 1 aromatic rings. The number of nitrogens with two attached hydrogens (primary N) is 1. The lowest BCUT2D eigenvalue weighted by Crippen LogP contribution is -2.48. The van der Waals surface area contributed by atoms with Crippen molar-refractivity contribution >= 4 is 5.95 Å². The van der Waals surface area contributed by atoms with Crippen molar-refractivity contribution < 1.29 is 4.39 Å². The van der Waals surface area contributed by atoms with Crippen molar-refractivity contribution in [2.45, 2.75) is 19.4 Å². The molecular formula is C10H15FN4. The van der Waals surface area contributed by atoms with Crippen LogP contribution in [0.4, 0.5) is 10.3 Å². The molecule has 0 aromatic carbocycles. The molecule has 0 saturated carbocycles. The summed E-state index contributed by atoms with van der Waals surface area (Å²) in [6, 6.07) is 0.146. The Morgan fingerprint density at radius 3 is 2.73 bits per heavy atom. The summed E-state index contributed by atoms with van der Waals surface area (Å²) in [7, 11) is 0. The first kappa shape index (κ1) is 10.3. The maximum atomic E-state index is 12.6. The third-order valence-electron chi connectivity index (χ3n) is 2.91. The molecule has 0 spiro atoms. The molecule has 5 heteroatoms. The fourth-order valence-electron chi connectivity index (χ4n) is 1.75. The van der Waals surface area contributed by atoms with Gasteiger partial charge in [0.05, 0.1) is 12.4 Å². The summed E-state index contributed by atoms with van der Waals surface area (Å²) in [5.74, 6) is 0.689. The van der Waals surface area contributed by atoms with Gasteiger partial charge in [-0.15, -0.1) is 0 Å². The number of halogens is 1. The maximum absolute atomic E-state index is 12.6. The molecule has 0 bridgehead atoms. The number of rotatable bonds is 1. The smallest absolute Gasteiger partial charge is 0.225 e. The zero-order valence-corrected chi connectivity index (χ0v) is 8.73. The van der Waals surface area contributed by atoms with E-state index in [1.54, 1.807) is 0 Å². The van der Waals surface area contributed by atoms with Crippen molar-refractivity contribution in [1.82, 2.24) is 9.97 Å². The van der Waals surface area contributed by atoms with Gasteiger partial charge in [0.2, 0.25) is 5.95 Å². The molecule has 0 radical (unpaired) electrons. The van der Waals surface area contributed by atoms with Gasteiger partial charge in [0.15, 0.2) is 5.82 Å². The Morgan fingerprint density at radius 1 is 1.47 bits per heavy atom. The van der Waals surface area contributed by atoms with Gasteiger partial charge < -0.3 is 10.6 Å². The minimum Gasteiger partial charge on any atom is -0.339 e. The van der Waals surface area contributed by atoms with Crippen LogP contribution in [0.2, 0.25) is 0 Å². The van der Waals surface area contributed by atoms with Gasteiger partial charge >= 0.3 is 0 Å². The summed E-state index contributed by atoms with van der Waals surface area (Å²) in [6.45, 7) is 3.78. The number of hydrogen-bond acceptors (Lipinski definition) is 4. The third kappa shape index (κ3) is 2.23. The minimum absolute atomic E-state index is 0.146.